The highest BCUT2D eigenvalue weighted by Crippen LogP contribution is 2.27. The Labute approximate surface area is 69.3 Å². The first-order valence-electron chi connectivity index (χ1n) is 4.48. The van der Waals surface area contributed by atoms with Gasteiger partial charge in [0.25, 0.3) is 0 Å². The fourth-order valence-electron chi connectivity index (χ4n) is 1.55. The summed E-state index contributed by atoms with van der Waals surface area (Å²) < 4.78 is 5.41. The van der Waals surface area contributed by atoms with E-state index in [-0.39, 0.29) is 0 Å². The van der Waals surface area contributed by atoms with Crippen LogP contribution in [0.15, 0.2) is 0 Å². The smallest absolute Gasteiger partial charge is 0.0991 e. The lowest BCUT2D eigenvalue weighted by Crippen LogP contribution is -2.33. The molecular weight excluding hydrogens is 138 g/mol. The van der Waals surface area contributed by atoms with Gasteiger partial charge in [0, 0.05) is 6.04 Å². The molecule has 2 unspecified atom stereocenters. The predicted molar refractivity (Wildman–Crippen MR) is 46.6 cm³/mol. The summed E-state index contributed by atoms with van der Waals surface area (Å²) in [5.74, 6) is 0.754. The molecule has 1 fully saturated rings. The highest BCUT2D eigenvalue weighted by atomic mass is 16.6. The minimum Gasteiger partial charge on any atom is -0.368 e. The first-order valence-corrected chi connectivity index (χ1v) is 4.48. The van der Waals surface area contributed by atoms with Crippen LogP contribution in [-0.2, 0) is 4.74 Å². The van der Waals surface area contributed by atoms with Gasteiger partial charge >= 0.3 is 0 Å². The van der Waals surface area contributed by atoms with Crippen molar-refractivity contribution in [3.63, 3.8) is 0 Å². The van der Waals surface area contributed by atoms with Crippen LogP contribution in [0.4, 0.5) is 0 Å². The number of nitrogens with one attached hydrogen (secondary N) is 1. The quantitative estimate of drug-likeness (QED) is 0.624. The summed E-state index contributed by atoms with van der Waals surface area (Å²) in [6, 6.07) is 0.560. The SMILES string of the molecule is CN[C@@H](CC(C)C)C1OC1C. The lowest BCUT2D eigenvalue weighted by molar-refractivity contribution is 0.312. The number of hydrogen-bond acceptors (Lipinski definition) is 2. The number of likely N-dealkylation sites (N-methyl/N-ethyl adjacent to an activating group) is 1. The Morgan fingerprint density at radius 3 is 2.27 bits per heavy atom. The van der Waals surface area contributed by atoms with E-state index in [2.05, 4.69) is 26.1 Å². The summed E-state index contributed by atoms with van der Waals surface area (Å²) in [7, 11) is 2.02. The van der Waals surface area contributed by atoms with Gasteiger partial charge in [0.1, 0.15) is 0 Å². The topological polar surface area (TPSA) is 24.6 Å². The van der Waals surface area contributed by atoms with E-state index >= 15 is 0 Å². The molecule has 1 aliphatic rings. The van der Waals surface area contributed by atoms with Crippen LogP contribution in [0.3, 0.4) is 0 Å². The molecule has 66 valence electrons. The van der Waals surface area contributed by atoms with Crippen molar-refractivity contribution in [3.8, 4) is 0 Å². The summed E-state index contributed by atoms with van der Waals surface area (Å²) >= 11 is 0. The molecule has 0 radical (unpaired) electrons. The summed E-state index contributed by atoms with van der Waals surface area (Å²) in [4.78, 5) is 0. The molecule has 0 aliphatic carbocycles. The molecule has 2 nitrogen and oxygen atoms in total. The van der Waals surface area contributed by atoms with Gasteiger partial charge in [-0.25, -0.2) is 0 Å². The van der Waals surface area contributed by atoms with Crippen LogP contribution in [-0.4, -0.2) is 25.3 Å². The molecule has 0 bridgehead atoms. The number of rotatable bonds is 4. The largest absolute Gasteiger partial charge is 0.368 e. The van der Waals surface area contributed by atoms with Crippen LogP contribution in [0.5, 0.6) is 0 Å². The molecule has 1 aliphatic heterocycles. The third kappa shape index (κ3) is 2.46. The molecule has 0 aromatic rings. The van der Waals surface area contributed by atoms with E-state index in [4.69, 9.17) is 4.74 Å². The van der Waals surface area contributed by atoms with Crippen molar-refractivity contribution in [2.75, 3.05) is 7.05 Å². The van der Waals surface area contributed by atoms with Gasteiger partial charge in [-0.1, -0.05) is 13.8 Å². The summed E-state index contributed by atoms with van der Waals surface area (Å²) in [5.41, 5.74) is 0. The Kier molecular flexibility index (Phi) is 2.90. The Balaban J connectivity index is 2.26. The summed E-state index contributed by atoms with van der Waals surface area (Å²) in [6.07, 6.45) is 2.17. The van der Waals surface area contributed by atoms with Crippen molar-refractivity contribution < 1.29 is 4.74 Å². The van der Waals surface area contributed by atoms with Gasteiger partial charge in [-0.15, -0.1) is 0 Å². The van der Waals surface area contributed by atoms with Gasteiger partial charge in [0.2, 0.25) is 0 Å². The second-order valence-electron chi connectivity index (χ2n) is 3.83. The van der Waals surface area contributed by atoms with Gasteiger partial charge < -0.3 is 10.1 Å². The maximum Gasteiger partial charge on any atom is 0.0991 e. The average molecular weight is 157 g/mol. The molecule has 0 saturated carbocycles. The minimum absolute atomic E-state index is 0.474. The maximum atomic E-state index is 5.41. The monoisotopic (exact) mass is 157 g/mol. The Morgan fingerprint density at radius 2 is 2.00 bits per heavy atom. The van der Waals surface area contributed by atoms with Gasteiger partial charge in [0.15, 0.2) is 0 Å². The Morgan fingerprint density at radius 1 is 1.45 bits per heavy atom. The lowest BCUT2D eigenvalue weighted by atomic mass is 10.0. The second kappa shape index (κ2) is 3.55. The van der Waals surface area contributed by atoms with Crippen LogP contribution < -0.4 is 5.32 Å². The van der Waals surface area contributed by atoms with Gasteiger partial charge in [-0.3, -0.25) is 0 Å². The molecule has 0 amide bonds. The molecule has 11 heavy (non-hydrogen) atoms. The summed E-state index contributed by atoms with van der Waals surface area (Å²) in [6.45, 7) is 6.63. The molecule has 0 aromatic carbocycles. The lowest BCUT2D eigenvalue weighted by Gasteiger charge is -2.15. The van der Waals surface area contributed by atoms with Crippen LogP contribution >= 0.6 is 0 Å². The minimum atomic E-state index is 0.474. The van der Waals surface area contributed by atoms with E-state index in [1.165, 1.54) is 6.42 Å². The highest BCUT2D eigenvalue weighted by molar-refractivity contribution is 4.91. The van der Waals surface area contributed by atoms with E-state index in [1.54, 1.807) is 0 Å². The van der Waals surface area contributed by atoms with Crippen molar-refractivity contribution in [2.24, 2.45) is 5.92 Å². The van der Waals surface area contributed by atoms with Gasteiger partial charge in [-0.2, -0.15) is 0 Å². The molecule has 0 aromatic heterocycles. The Hall–Kier alpha value is -0.0800. The molecule has 2 heteroatoms. The Bertz CT molecular complexity index is 125. The third-order valence-electron chi connectivity index (χ3n) is 2.25. The van der Waals surface area contributed by atoms with E-state index in [9.17, 15) is 0 Å². The average Bonchev–Trinajstić information content (AvgIpc) is 2.61. The summed E-state index contributed by atoms with van der Waals surface area (Å²) in [5, 5.41) is 3.30. The number of epoxide rings is 1. The van der Waals surface area contributed by atoms with Crippen molar-refractivity contribution in [1.29, 1.82) is 0 Å². The number of hydrogen-bond donors (Lipinski definition) is 1. The van der Waals surface area contributed by atoms with Crippen molar-refractivity contribution in [1.82, 2.24) is 5.32 Å². The molecule has 1 rings (SSSR count). The first kappa shape index (κ1) is 9.01. The van der Waals surface area contributed by atoms with Crippen LogP contribution in [0, 0.1) is 5.92 Å². The normalized spacial score (nSPS) is 32.5. The zero-order chi connectivity index (χ0) is 8.43. The van der Waals surface area contributed by atoms with Crippen LogP contribution in [0.1, 0.15) is 27.2 Å². The molecule has 3 atom stereocenters. The molecule has 0 spiro atoms. The van der Waals surface area contributed by atoms with Gasteiger partial charge in [0.05, 0.1) is 12.2 Å². The zero-order valence-corrected chi connectivity index (χ0v) is 7.92. The number of ether oxygens (including phenoxy) is 1. The van der Waals surface area contributed by atoms with E-state index in [0.717, 1.165) is 5.92 Å². The second-order valence-corrected chi connectivity index (χ2v) is 3.83. The fourth-order valence-corrected chi connectivity index (χ4v) is 1.55. The predicted octanol–water partition coefficient (Wildman–Crippen LogP) is 1.41. The third-order valence-corrected chi connectivity index (χ3v) is 2.25. The molecular formula is C9H19NO. The van der Waals surface area contributed by atoms with Gasteiger partial charge in [-0.05, 0) is 26.3 Å². The highest BCUT2D eigenvalue weighted by Gasteiger charge is 2.40. The van der Waals surface area contributed by atoms with Crippen LogP contribution in [0.25, 0.3) is 0 Å². The van der Waals surface area contributed by atoms with Crippen molar-refractivity contribution >= 4 is 0 Å². The first-order chi connectivity index (χ1) is 5.15. The molecule has 1 saturated heterocycles. The maximum absolute atomic E-state index is 5.41. The standard InChI is InChI=1S/C9H19NO/c1-6(2)5-8(10-4)9-7(3)11-9/h6-10H,5H2,1-4H3/t7?,8-,9?/m0/s1. The van der Waals surface area contributed by atoms with Crippen molar-refractivity contribution in [2.45, 2.75) is 45.4 Å². The van der Waals surface area contributed by atoms with E-state index in [0.29, 0.717) is 18.2 Å². The van der Waals surface area contributed by atoms with Crippen LogP contribution in [0.2, 0.25) is 0 Å². The molecule has 1 N–H and O–H groups in total. The van der Waals surface area contributed by atoms with E-state index < -0.39 is 0 Å². The fraction of sp³-hybridized carbons (Fsp3) is 1.00. The van der Waals surface area contributed by atoms with Crippen molar-refractivity contribution in [3.05, 3.63) is 0 Å². The zero-order valence-electron chi connectivity index (χ0n) is 7.92. The van der Waals surface area contributed by atoms with E-state index in [1.807, 2.05) is 7.05 Å². The molecule has 1 heterocycles.